The molecule has 1 aromatic rings. The van der Waals surface area contributed by atoms with Crippen molar-refractivity contribution in [2.75, 3.05) is 45.7 Å². The number of amides is 1. The lowest BCUT2D eigenvalue weighted by atomic mass is 9.79. The van der Waals surface area contributed by atoms with Crippen molar-refractivity contribution in [3.63, 3.8) is 0 Å². The smallest absolute Gasteiger partial charge is 0.359 e. The zero-order valence-corrected chi connectivity index (χ0v) is 18.2. The van der Waals surface area contributed by atoms with Gasteiger partial charge in [0.1, 0.15) is 0 Å². The minimum atomic E-state index is -0.733. The Morgan fingerprint density at radius 1 is 1.31 bits per heavy atom. The van der Waals surface area contributed by atoms with Crippen LogP contribution in [0.3, 0.4) is 0 Å². The van der Waals surface area contributed by atoms with E-state index >= 15 is 0 Å². The van der Waals surface area contributed by atoms with Gasteiger partial charge in [0.25, 0.3) is 5.91 Å². The van der Waals surface area contributed by atoms with E-state index in [-0.39, 0.29) is 28.8 Å². The molecule has 2 fully saturated rings. The number of nitrogens with one attached hydrogen (secondary N) is 1. The number of carbonyl (C=O) groups excluding carboxylic acids is 2. The van der Waals surface area contributed by atoms with Gasteiger partial charge in [-0.2, -0.15) is 0 Å². The van der Waals surface area contributed by atoms with E-state index in [1.165, 1.54) is 24.4 Å². The van der Waals surface area contributed by atoms with Crippen LogP contribution in [-0.2, 0) is 14.3 Å². The van der Waals surface area contributed by atoms with E-state index in [1.54, 1.807) is 6.26 Å². The molecule has 0 atom stereocenters. The summed E-state index contributed by atoms with van der Waals surface area (Å²) in [5.74, 6) is -1.06. The number of halogens is 1. The number of esters is 1. The molecule has 1 saturated carbocycles. The number of carbonyl (C=O) groups is 2. The average molecular weight is 443 g/mol. The maximum absolute atomic E-state index is 12.4. The predicted molar refractivity (Wildman–Crippen MR) is 110 cm³/mol. The molecule has 0 spiro atoms. The third-order valence-corrected chi connectivity index (χ3v) is 6.35. The number of morpholine rings is 1. The molecular formula is C19H27ClN4O4S. The summed E-state index contributed by atoms with van der Waals surface area (Å²) >= 11 is 7.27. The van der Waals surface area contributed by atoms with Crippen LogP contribution in [0.25, 0.3) is 0 Å². The molecule has 3 rings (SSSR count). The Labute approximate surface area is 180 Å². The summed E-state index contributed by atoms with van der Waals surface area (Å²) in [6, 6.07) is 0. The fourth-order valence-corrected chi connectivity index (χ4v) is 4.47. The molecule has 1 aliphatic heterocycles. The summed E-state index contributed by atoms with van der Waals surface area (Å²) in [4.78, 5) is 35.1. The molecule has 0 aromatic carbocycles. The van der Waals surface area contributed by atoms with Crippen LogP contribution < -0.4 is 5.32 Å². The van der Waals surface area contributed by atoms with Gasteiger partial charge in [0, 0.05) is 25.2 Å². The third kappa shape index (κ3) is 5.81. The Bertz CT molecular complexity index is 724. The first kappa shape index (κ1) is 22.3. The zero-order chi connectivity index (χ0) is 20.7. The van der Waals surface area contributed by atoms with Gasteiger partial charge in [-0.15, -0.1) is 0 Å². The molecule has 160 valence electrons. The lowest BCUT2D eigenvalue weighted by Gasteiger charge is -2.48. The number of hydrogen-bond acceptors (Lipinski definition) is 8. The zero-order valence-electron chi connectivity index (χ0n) is 16.6. The summed E-state index contributed by atoms with van der Waals surface area (Å²) in [6.07, 6.45) is 8.81. The number of aromatic nitrogens is 2. The van der Waals surface area contributed by atoms with Gasteiger partial charge in [0.05, 0.1) is 24.4 Å². The summed E-state index contributed by atoms with van der Waals surface area (Å²) in [5, 5.41) is 3.48. The molecule has 1 amide bonds. The van der Waals surface area contributed by atoms with Gasteiger partial charge in [-0.3, -0.25) is 9.69 Å². The number of ether oxygens (including phenoxy) is 2. The third-order valence-electron chi connectivity index (χ3n) is 5.51. The maximum Gasteiger partial charge on any atom is 0.359 e. The normalized spacial score (nSPS) is 19.5. The largest absolute Gasteiger partial charge is 0.451 e. The number of nitrogens with zero attached hydrogens (tertiary/aromatic N) is 3. The second kappa shape index (κ2) is 10.6. The molecule has 2 heterocycles. The molecule has 0 bridgehead atoms. The van der Waals surface area contributed by atoms with Gasteiger partial charge < -0.3 is 14.8 Å². The highest BCUT2D eigenvalue weighted by atomic mass is 35.5. The maximum atomic E-state index is 12.4. The molecule has 0 unspecified atom stereocenters. The van der Waals surface area contributed by atoms with Crippen LogP contribution in [0.1, 0.15) is 42.6 Å². The van der Waals surface area contributed by atoms with Crippen LogP contribution in [0.15, 0.2) is 11.4 Å². The fourth-order valence-electron chi connectivity index (χ4n) is 3.96. The van der Waals surface area contributed by atoms with Crippen molar-refractivity contribution in [2.24, 2.45) is 0 Å². The van der Waals surface area contributed by atoms with Crippen molar-refractivity contribution in [3.8, 4) is 0 Å². The van der Waals surface area contributed by atoms with Crippen molar-refractivity contribution in [3.05, 3.63) is 16.9 Å². The van der Waals surface area contributed by atoms with Crippen molar-refractivity contribution < 1.29 is 19.1 Å². The first-order chi connectivity index (χ1) is 14.0. The monoisotopic (exact) mass is 442 g/mol. The molecule has 2 aliphatic rings. The van der Waals surface area contributed by atoms with Crippen molar-refractivity contribution in [1.29, 1.82) is 0 Å². The fraction of sp³-hybridized carbons (Fsp3) is 0.684. The van der Waals surface area contributed by atoms with Gasteiger partial charge in [-0.1, -0.05) is 42.6 Å². The van der Waals surface area contributed by atoms with Crippen molar-refractivity contribution >= 4 is 35.2 Å². The predicted octanol–water partition coefficient (Wildman–Crippen LogP) is 2.16. The highest BCUT2D eigenvalue weighted by Crippen LogP contribution is 2.33. The highest BCUT2D eigenvalue weighted by molar-refractivity contribution is 7.98. The van der Waals surface area contributed by atoms with Gasteiger partial charge >= 0.3 is 5.97 Å². The van der Waals surface area contributed by atoms with Gasteiger partial charge in [-0.25, -0.2) is 14.8 Å². The highest BCUT2D eigenvalue weighted by Gasteiger charge is 2.38. The molecule has 0 radical (unpaired) electrons. The Kier molecular flexibility index (Phi) is 8.11. The first-order valence-corrected chi connectivity index (χ1v) is 11.5. The molecule has 29 heavy (non-hydrogen) atoms. The van der Waals surface area contributed by atoms with Crippen LogP contribution in [0, 0.1) is 0 Å². The van der Waals surface area contributed by atoms with Crippen LogP contribution in [0.2, 0.25) is 5.02 Å². The van der Waals surface area contributed by atoms with E-state index in [0.717, 1.165) is 52.0 Å². The van der Waals surface area contributed by atoms with E-state index in [9.17, 15) is 9.59 Å². The molecule has 8 nitrogen and oxygen atoms in total. The quantitative estimate of drug-likeness (QED) is 0.390. The minimum Gasteiger partial charge on any atom is -0.451 e. The number of hydrogen-bond donors (Lipinski definition) is 1. The molecule has 1 aliphatic carbocycles. The van der Waals surface area contributed by atoms with E-state index in [4.69, 9.17) is 21.1 Å². The minimum absolute atomic E-state index is 0.0316. The molecule has 1 saturated heterocycles. The Balaban J connectivity index is 1.53. The molecule has 1 N–H and O–H groups in total. The number of rotatable bonds is 7. The van der Waals surface area contributed by atoms with Gasteiger partial charge in [-0.05, 0) is 19.1 Å². The van der Waals surface area contributed by atoms with Crippen LogP contribution >= 0.6 is 23.4 Å². The average Bonchev–Trinajstić information content (AvgIpc) is 2.77. The van der Waals surface area contributed by atoms with E-state index < -0.39 is 5.97 Å². The second-order valence-corrected chi connectivity index (χ2v) is 8.47. The van der Waals surface area contributed by atoms with E-state index in [2.05, 4.69) is 20.2 Å². The van der Waals surface area contributed by atoms with E-state index in [1.807, 2.05) is 0 Å². The Morgan fingerprint density at radius 2 is 2.03 bits per heavy atom. The number of thioether (sulfide) groups is 1. The summed E-state index contributed by atoms with van der Waals surface area (Å²) < 4.78 is 10.6. The topological polar surface area (TPSA) is 93.6 Å². The Morgan fingerprint density at radius 3 is 2.72 bits per heavy atom. The molecular weight excluding hydrogens is 416 g/mol. The molecule has 1 aromatic heterocycles. The summed E-state index contributed by atoms with van der Waals surface area (Å²) in [7, 11) is 0. The van der Waals surface area contributed by atoms with Crippen LogP contribution in [0.5, 0.6) is 0 Å². The summed E-state index contributed by atoms with van der Waals surface area (Å²) in [5.41, 5.74) is -0.0684. The SMILES string of the molecule is CSc1ncc(Cl)c(C(=O)OCC(=O)NCC2(N3CCOCC3)CCCCC2)n1. The van der Waals surface area contributed by atoms with E-state index in [0.29, 0.717) is 11.7 Å². The van der Waals surface area contributed by atoms with Gasteiger partial charge in [0.15, 0.2) is 17.5 Å². The lowest BCUT2D eigenvalue weighted by Crippen LogP contribution is -2.59. The van der Waals surface area contributed by atoms with Crippen molar-refractivity contribution in [2.45, 2.75) is 42.8 Å². The standard InChI is InChI=1S/C19H27ClN4O4S/c1-29-18-21-11-14(20)16(23-18)17(26)28-12-15(25)22-13-19(5-3-2-4-6-19)24-7-9-27-10-8-24/h11H,2-10,12-13H2,1H3,(H,22,25). The van der Waals surface area contributed by atoms with Crippen molar-refractivity contribution in [1.82, 2.24) is 20.2 Å². The Hall–Kier alpha value is -1.42. The lowest BCUT2D eigenvalue weighted by molar-refractivity contribution is -0.125. The van der Waals surface area contributed by atoms with Crippen LogP contribution in [0.4, 0.5) is 0 Å². The van der Waals surface area contributed by atoms with Gasteiger partial charge in [0.2, 0.25) is 0 Å². The summed E-state index contributed by atoms with van der Waals surface area (Å²) in [6.45, 7) is 3.40. The second-order valence-electron chi connectivity index (χ2n) is 7.29. The molecule has 10 heteroatoms. The first-order valence-electron chi connectivity index (χ1n) is 9.87. The van der Waals surface area contributed by atoms with Crippen LogP contribution in [-0.4, -0.2) is 78.0 Å².